The van der Waals surface area contributed by atoms with E-state index < -0.39 is 11.9 Å². The van der Waals surface area contributed by atoms with E-state index in [0.29, 0.717) is 35.2 Å². The summed E-state index contributed by atoms with van der Waals surface area (Å²) in [5.41, 5.74) is 3.02. The van der Waals surface area contributed by atoms with Gasteiger partial charge in [0.1, 0.15) is 0 Å². The van der Waals surface area contributed by atoms with Gasteiger partial charge in [-0.15, -0.1) is 0 Å². The number of hydrogen-bond donors (Lipinski definition) is 3. The molecule has 0 bridgehead atoms. The van der Waals surface area contributed by atoms with Crippen LogP contribution in [-0.2, 0) is 9.59 Å². The average Bonchev–Trinajstić information content (AvgIpc) is 3.38. The summed E-state index contributed by atoms with van der Waals surface area (Å²) in [6.45, 7) is 10.2. The summed E-state index contributed by atoms with van der Waals surface area (Å²) >= 11 is 0. The van der Waals surface area contributed by atoms with Gasteiger partial charge in [0.2, 0.25) is 5.91 Å². The molecule has 4 unspecified atom stereocenters. The molecule has 5 aliphatic rings. The molecular formula is C36H49NO5. The van der Waals surface area contributed by atoms with Crippen molar-refractivity contribution < 1.29 is 24.6 Å². The Morgan fingerprint density at radius 1 is 0.833 bits per heavy atom. The van der Waals surface area contributed by atoms with Crippen LogP contribution in [0.4, 0.5) is 0 Å². The van der Waals surface area contributed by atoms with Crippen molar-refractivity contribution in [3.8, 4) is 0 Å². The van der Waals surface area contributed by atoms with Gasteiger partial charge in [0, 0.05) is 6.54 Å². The summed E-state index contributed by atoms with van der Waals surface area (Å²) in [4.78, 5) is 36.1. The Balaban J connectivity index is 1.25. The number of rotatable bonds is 6. The zero-order chi connectivity index (χ0) is 30.1. The molecule has 5 aliphatic carbocycles. The second-order valence-electron chi connectivity index (χ2n) is 15.5. The zero-order valence-corrected chi connectivity index (χ0v) is 25.9. The van der Waals surface area contributed by atoms with Gasteiger partial charge < -0.3 is 15.5 Å². The molecule has 0 heterocycles. The van der Waals surface area contributed by atoms with Gasteiger partial charge in [-0.1, -0.05) is 52.3 Å². The number of carbonyl (C=O) groups excluding carboxylic acids is 1. The maximum atomic E-state index is 13.6. The average molecular weight is 576 g/mol. The van der Waals surface area contributed by atoms with Gasteiger partial charge in [0.15, 0.2) is 0 Å². The van der Waals surface area contributed by atoms with Gasteiger partial charge in [-0.2, -0.15) is 0 Å². The first kappa shape index (κ1) is 29.4. The number of carbonyl (C=O) groups is 3. The number of hydrogen-bond acceptors (Lipinski definition) is 3. The van der Waals surface area contributed by atoms with Crippen LogP contribution in [-0.4, -0.2) is 34.6 Å². The predicted molar refractivity (Wildman–Crippen MR) is 163 cm³/mol. The molecule has 4 fully saturated rings. The fourth-order valence-corrected chi connectivity index (χ4v) is 12.0. The van der Waals surface area contributed by atoms with E-state index in [1.54, 1.807) is 12.1 Å². The van der Waals surface area contributed by atoms with Crippen molar-refractivity contribution in [3.05, 3.63) is 41.5 Å². The quantitative estimate of drug-likeness (QED) is 0.327. The molecule has 8 atom stereocenters. The first-order chi connectivity index (χ1) is 19.8. The minimum absolute atomic E-state index is 0.00285. The third-order valence-corrected chi connectivity index (χ3v) is 13.6. The second kappa shape index (κ2) is 10.2. The lowest BCUT2D eigenvalue weighted by Gasteiger charge is -2.68. The number of aromatic carboxylic acids is 1. The molecule has 0 aliphatic heterocycles. The monoisotopic (exact) mass is 575 g/mol. The summed E-state index contributed by atoms with van der Waals surface area (Å²) < 4.78 is 0. The highest BCUT2D eigenvalue weighted by atomic mass is 16.4. The summed E-state index contributed by atoms with van der Waals surface area (Å²) in [6, 6.07) is 7.46. The van der Waals surface area contributed by atoms with Crippen LogP contribution < -0.4 is 5.32 Å². The van der Waals surface area contributed by atoms with Crippen LogP contribution in [0.15, 0.2) is 30.3 Å². The number of carboxylic acid groups (broad SMARTS) is 2. The summed E-state index contributed by atoms with van der Waals surface area (Å²) in [6.07, 6.45) is 13.6. The predicted octanol–water partition coefficient (Wildman–Crippen LogP) is 7.43. The highest BCUT2D eigenvalue weighted by Gasteiger charge is 2.66. The van der Waals surface area contributed by atoms with E-state index in [0.717, 1.165) is 44.1 Å². The molecule has 6 rings (SSSR count). The van der Waals surface area contributed by atoms with E-state index in [9.17, 15) is 19.5 Å². The highest BCUT2D eigenvalue weighted by Crippen LogP contribution is 2.73. The number of nitrogens with one attached hydrogen (secondary N) is 1. The minimum atomic E-state index is -0.885. The van der Waals surface area contributed by atoms with Crippen LogP contribution >= 0.6 is 0 Å². The fraction of sp³-hybridized carbons (Fsp3) is 0.694. The second-order valence-corrected chi connectivity index (χ2v) is 15.5. The molecule has 42 heavy (non-hydrogen) atoms. The Bertz CT molecular complexity index is 1300. The Kier molecular flexibility index (Phi) is 7.17. The van der Waals surface area contributed by atoms with Gasteiger partial charge in [0.25, 0.3) is 0 Å². The molecule has 0 saturated heterocycles. The van der Waals surface area contributed by atoms with Crippen molar-refractivity contribution >= 4 is 23.4 Å². The Morgan fingerprint density at radius 2 is 1.57 bits per heavy atom. The molecule has 1 amide bonds. The standard InChI is InChI=1S/C36H49NO5/c1-33(2)25(22-7-9-23(10-8-22)31(40)41)13-18-35(4)28(33)15-19-34(3)26-14-20-36(32(42)37-21-16-30(38)39)17-5-6-27(36)24(26)11-12-29(34)35/h7-10,13,24,26-29H,5-6,11-12,14-21H2,1-4H3,(H,37,42)(H,38,39)(H,40,41)/t24-,26?,27?,28?,29?,34-,35-,36-/m0/s1. The number of aliphatic carboxylic acids is 1. The summed E-state index contributed by atoms with van der Waals surface area (Å²) in [5.74, 6) is 1.24. The SMILES string of the molecule is CC1(C)C(c2ccc(C(=O)O)cc2)=CC[C@@]2(C)C1CC[C@@]1(C)C3CC[C@@]4(C(=O)NCCC(=O)O)CCCC4[C@H]3CCC12. The van der Waals surface area contributed by atoms with E-state index in [4.69, 9.17) is 5.11 Å². The molecule has 0 spiro atoms. The van der Waals surface area contributed by atoms with Crippen molar-refractivity contribution in [2.75, 3.05) is 6.54 Å². The van der Waals surface area contributed by atoms with Crippen molar-refractivity contribution in [2.45, 2.75) is 98.3 Å². The molecule has 6 nitrogen and oxygen atoms in total. The van der Waals surface area contributed by atoms with Crippen LogP contribution in [0.1, 0.15) is 114 Å². The minimum Gasteiger partial charge on any atom is -0.481 e. The lowest BCUT2D eigenvalue weighted by Crippen LogP contribution is -2.62. The van der Waals surface area contributed by atoms with Crippen LogP contribution in [0, 0.1) is 51.2 Å². The molecule has 0 aromatic heterocycles. The van der Waals surface area contributed by atoms with Gasteiger partial charge in [-0.3, -0.25) is 9.59 Å². The molecule has 228 valence electrons. The first-order valence-electron chi connectivity index (χ1n) is 16.4. The van der Waals surface area contributed by atoms with Crippen molar-refractivity contribution in [1.29, 1.82) is 0 Å². The van der Waals surface area contributed by atoms with Crippen molar-refractivity contribution in [2.24, 2.45) is 51.2 Å². The van der Waals surface area contributed by atoms with Gasteiger partial charge >= 0.3 is 11.9 Å². The normalized spacial score (nSPS) is 40.0. The summed E-state index contributed by atoms with van der Waals surface area (Å²) in [5, 5.41) is 21.5. The number of fused-ring (bicyclic) bond motifs is 7. The molecule has 1 aromatic rings. The van der Waals surface area contributed by atoms with E-state index in [2.05, 4.69) is 39.1 Å². The van der Waals surface area contributed by atoms with Crippen LogP contribution in [0.2, 0.25) is 0 Å². The third kappa shape index (κ3) is 4.29. The smallest absolute Gasteiger partial charge is 0.335 e. The number of allylic oxidation sites excluding steroid dienone is 2. The zero-order valence-electron chi connectivity index (χ0n) is 25.9. The van der Waals surface area contributed by atoms with E-state index in [1.165, 1.54) is 31.3 Å². The van der Waals surface area contributed by atoms with Gasteiger partial charge in [-0.05, 0) is 127 Å². The lowest BCUT2D eigenvalue weighted by atomic mass is 9.36. The molecule has 6 heteroatoms. The Hall–Kier alpha value is -2.63. The lowest BCUT2D eigenvalue weighted by molar-refractivity contribution is -0.181. The molecule has 3 N–H and O–H groups in total. The van der Waals surface area contributed by atoms with Crippen molar-refractivity contribution in [1.82, 2.24) is 5.32 Å². The van der Waals surface area contributed by atoms with Gasteiger partial charge in [0.05, 0.1) is 17.4 Å². The van der Waals surface area contributed by atoms with Crippen LogP contribution in [0.25, 0.3) is 5.57 Å². The first-order valence-corrected chi connectivity index (χ1v) is 16.4. The van der Waals surface area contributed by atoms with Crippen LogP contribution in [0.3, 0.4) is 0 Å². The molecular weight excluding hydrogens is 526 g/mol. The Morgan fingerprint density at radius 3 is 2.26 bits per heavy atom. The maximum Gasteiger partial charge on any atom is 0.335 e. The van der Waals surface area contributed by atoms with E-state index >= 15 is 0 Å². The number of amides is 1. The topological polar surface area (TPSA) is 104 Å². The van der Waals surface area contributed by atoms with Crippen LogP contribution in [0.5, 0.6) is 0 Å². The Labute approximate surface area is 250 Å². The fourth-order valence-electron chi connectivity index (χ4n) is 12.0. The van der Waals surface area contributed by atoms with E-state index in [1.807, 2.05) is 12.1 Å². The highest BCUT2D eigenvalue weighted by molar-refractivity contribution is 5.88. The number of carboxylic acids is 2. The molecule has 1 aromatic carbocycles. The largest absolute Gasteiger partial charge is 0.481 e. The molecule has 4 saturated carbocycles. The summed E-state index contributed by atoms with van der Waals surface area (Å²) in [7, 11) is 0. The third-order valence-electron chi connectivity index (χ3n) is 13.6. The molecule has 0 radical (unpaired) electrons. The van der Waals surface area contributed by atoms with Crippen molar-refractivity contribution in [3.63, 3.8) is 0 Å². The van der Waals surface area contributed by atoms with Gasteiger partial charge in [-0.25, -0.2) is 4.79 Å². The van der Waals surface area contributed by atoms with E-state index in [-0.39, 0.29) is 40.5 Å². The number of benzene rings is 1. The maximum absolute atomic E-state index is 13.6.